The average molecular weight is 272 g/mol. The molecule has 0 fully saturated rings. The summed E-state index contributed by atoms with van der Waals surface area (Å²) >= 11 is 0. The molecule has 1 heterocycles. The highest BCUT2D eigenvalue weighted by Gasteiger charge is 2.16. The molecule has 0 aliphatic rings. The Balaban J connectivity index is 2.16. The lowest BCUT2D eigenvalue weighted by Gasteiger charge is -2.18. The van der Waals surface area contributed by atoms with Crippen molar-refractivity contribution >= 4 is 5.91 Å². The monoisotopic (exact) mass is 272 g/mol. The summed E-state index contributed by atoms with van der Waals surface area (Å²) in [6.45, 7) is 1.02. The van der Waals surface area contributed by atoms with E-state index in [1.807, 2.05) is 42.1 Å². The molecule has 106 valence electrons. The number of hydrogen-bond donors (Lipinski definition) is 1. The van der Waals surface area contributed by atoms with E-state index in [1.165, 1.54) is 0 Å². The van der Waals surface area contributed by atoms with E-state index >= 15 is 0 Å². The molecule has 5 nitrogen and oxygen atoms in total. The number of amides is 1. The fraction of sp³-hybridized carbons (Fsp3) is 0.333. The number of aryl methyl sites for hydroxylation is 1. The number of imidazole rings is 1. The summed E-state index contributed by atoms with van der Waals surface area (Å²) in [6.07, 6.45) is 4.31. The summed E-state index contributed by atoms with van der Waals surface area (Å²) in [5, 5.41) is 0. The smallest absolute Gasteiger partial charge is 0.254 e. The molecule has 0 aliphatic heterocycles. The number of carbonyl (C=O) groups is 1. The van der Waals surface area contributed by atoms with Gasteiger partial charge >= 0.3 is 0 Å². The highest BCUT2D eigenvalue weighted by Crippen LogP contribution is 2.13. The number of rotatable bonds is 5. The summed E-state index contributed by atoms with van der Waals surface area (Å²) in [5.74, 6) is 0.856. The van der Waals surface area contributed by atoms with Gasteiger partial charge in [0.15, 0.2) is 0 Å². The van der Waals surface area contributed by atoms with Crippen molar-refractivity contribution in [2.45, 2.75) is 13.0 Å². The van der Waals surface area contributed by atoms with Gasteiger partial charge in [-0.15, -0.1) is 0 Å². The van der Waals surface area contributed by atoms with Gasteiger partial charge in [0.2, 0.25) is 0 Å². The fourth-order valence-electron chi connectivity index (χ4n) is 2.14. The van der Waals surface area contributed by atoms with Crippen LogP contribution in [0.2, 0.25) is 0 Å². The molecule has 0 atom stereocenters. The van der Waals surface area contributed by atoms with Crippen LogP contribution < -0.4 is 5.73 Å². The van der Waals surface area contributed by atoms with E-state index in [0.29, 0.717) is 19.5 Å². The van der Waals surface area contributed by atoms with Gasteiger partial charge in [-0.2, -0.15) is 0 Å². The quantitative estimate of drug-likeness (QED) is 0.889. The topological polar surface area (TPSA) is 64.2 Å². The first kappa shape index (κ1) is 14.3. The normalized spacial score (nSPS) is 10.6. The maximum atomic E-state index is 12.5. The Morgan fingerprint density at radius 3 is 2.80 bits per heavy atom. The molecule has 0 saturated carbocycles. The first-order valence-corrected chi connectivity index (χ1v) is 6.63. The lowest BCUT2D eigenvalue weighted by molar-refractivity contribution is 0.0779. The molecule has 5 heteroatoms. The molecule has 0 saturated heterocycles. The second-order valence-corrected chi connectivity index (χ2v) is 4.81. The molecule has 2 N–H and O–H groups in total. The van der Waals surface area contributed by atoms with Crippen LogP contribution in [0.15, 0.2) is 36.7 Å². The maximum Gasteiger partial charge on any atom is 0.254 e. The third kappa shape index (κ3) is 3.05. The van der Waals surface area contributed by atoms with Crippen LogP contribution in [0.4, 0.5) is 0 Å². The Bertz CT molecular complexity index is 591. The molecular formula is C15H20N4O. The van der Waals surface area contributed by atoms with Crippen LogP contribution in [0, 0.1) is 0 Å². The molecule has 0 aliphatic carbocycles. The molecular weight excluding hydrogens is 252 g/mol. The van der Waals surface area contributed by atoms with Gasteiger partial charge in [0.1, 0.15) is 5.82 Å². The van der Waals surface area contributed by atoms with Crippen LogP contribution in [0.1, 0.15) is 21.7 Å². The van der Waals surface area contributed by atoms with Crippen molar-refractivity contribution in [2.75, 3.05) is 13.6 Å². The second-order valence-electron chi connectivity index (χ2n) is 4.81. The molecule has 1 aromatic carbocycles. The predicted octanol–water partition coefficient (Wildman–Crippen LogP) is 1.19. The van der Waals surface area contributed by atoms with Gasteiger partial charge in [-0.1, -0.05) is 18.2 Å². The molecule has 2 aromatic rings. The van der Waals surface area contributed by atoms with E-state index in [1.54, 1.807) is 18.1 Å². The fourth-order valence-corrected chi connectivity index (χ4v) is 2.14. The van der Waals surface area contributed by atoms with Gasteiger partial charge in [0.25, 0.3) is 5.91 Å². The van der Waals surface area contributed by atoms with Crippen LogP contribution in [0.25, 0.3) is 0 Å². The van der Waals surface area contributed by atoms with E-state index in [-0.39, 0.29) is 5.91 Å². The minimum atomic E-state index is -0.00273. The van der Waals surface area contributed by atoms with Crippen molar-refractivity contribution in [1.29, 1.82) is 0 Å². The van der Waals surface area contributed by atoms with Gasteiger partial charge in [0, 0.05) is 32.1 Å². The minimum absolute atomic E-state index is 0.00273. The molecule has 0 radical (unpaired) electrons. The van der Waals surface area contributed by atoms with Crippen LogP contribution in [-0.4, -0.2) is 34.0 Å². The van der Waals surface area contributed by atoms with Crippen molar-refractivity contribution in [3.05, 3.63) is 53.6 Å². The van der Waals surface area contributed by atoms with Crippen LogP contribution in [0.3, 0.4) is 0 Å². The van der Waals surface area contributed by atoms with E-state index in [4.69, 9.17) is 5.73 Å². The Labute approximate surface area is 119 Å². The van der Waals surface area contributed by atoms with Crippen molar-refractivity contribution in [3.8, 4) is 0 Å². The van der Waals surface area contributed by atoms with Gasteiger partial charge < -0.3 is 15.2 Å². The third-order valence-electron chi connectivity index (χ3n) is 3.31. The lowest BCUT2D eigenvalue weighted by atomic mass is 10.0. The minimum Gasteiger partial charge on any atom is -0.337 e. The summed E-state index contributed by atoms with van der Waals surface area (Å²) < 4.78 is 1.91. The highest BCUT2D eigenvalue weighted by atomic mass is 16.2. The Morgan fingerprint density at radius 2 is 2.15 bits per heavy atom. The number of benzene rings is 1. The number of hydrogen-bond acceptors (Lipinski definition) is 3. The number of nitrogens with zero attached hydrogens (tertiary/aromatic N) is 3. The summed E-state index contributed by atoms with van der Waals surface area (Å²) in [5.41, 5.74) is 7.31. The van der Waals surface area contributed by atoms with E-state index in [0.717, 1.165) is 17.0 Å². The van der Waals surface area contributed by atoms with Crippen molar-refractivity contribution < 1.29 is 4.79 Å². The molecule has 1 aromatic heterocycles. The number of aromatic nitrogens is 2. The highest BCUT2D eigenvalue weighted by molar-refractivity contribution is 5.95. The largest absolute Gasteiger partial charge is 0.337 e. The summed E-state index contributed by atoms with van der Waals surface area (Å²) in [6, 6.07) is 7.61. The molecule has 0 spiro atoms. The Hall–Kier alpha value is -2.14. The first-order chi connectivity index (χ1) is 9.63. The molecule has 1 amide bonds. The van der Waals surface area contributed by atoms with Crippen molar-refractivity contribution in [1.82, 2.24) is 14.5 Å². The zero-order valence-corrected chi connectivity index (χ0v) is 11.9. The van der Waals surface area contributed by atoms with Gasteiger partial charge in [-0.3, -0.25) is 4.79 Å². The van der Waals surface area contributed by atoms with Gasteiger partial charge in [-0.25, -0.2) is 4.98 Å². The van der Waals surface area contributed by atoms with Crippen LogP contribution in [-0.2, 0) is 20.0 Å². The second kappa shape index (κ2) is 6.34. The Morgan fingerprint density at radius 1 is 1.40 bits per heavy atom. The number of nitrogens with two attached hydrogens (primary N) is 1. The van der Waals surface area contributed by atoms with Crippen molar-refractivity contribution in [2.24, 2.45) is 12.8 Å². The van der Waals surface area contributed by atoms with E-state index in [2.05, 4.69) is 4.98 Å². The molecule has 0 unspecified atom stereocenters. The predicted molar refractivity (Wildman–Crippen MR) is 78.2 cm³/mol. The van der Waals surface area contributed by atoms with E-state index < -0.39 is 0 Å². The zero-order valence-electron chi connectivity index (χ0n) is 11.9. The SMILES string of the molecule is CN(Cc1nccn1C)C(=O)c1ccccc1CCN. The molecule has 0 bridgehead atoms. The average Bonchev–Trinajstić information content (AvgIpc) is 2.84. The maximum absolute atomic E-state index is 12.5. The standard InChI is InChI=1S/C15H20N4O/c1-18-10-9-17-14(18)11-19(2)15(20)13-6-4-3-5-12(13)7-8-16/h3-6,9-10H,7-8,11,16H2,1-2H3. The Kier molecular flexibility index (Phi) is 4.53. The zero-order chi connectivity index (χ0) is 14.5. The first-order valence-electron chi connectivity index (χ1n) is 6.63. The van der Waals surface area contributed by atoms with Gasteiger partial charge in [-0.05, 0) is 24.6 Å². The van der Waals surface area contributed by atoms with Gasteiger partial charge in [0.05, 0.1) is 6.54 Å². The van der Waals surface area contributed by atoms with E-state index in [9.17, 15) is 4.79 Å². The lowest BCUT2D eigenvalue weighted by Crippen LogP contribution is -2.28. The molecule has 20 heavy (non-hydrogen) atoms. The summed E-state index contributed by atoms with van der Waals surface area (Å²) in [4.78, 5) is 18.4. The van der Waals surface area contributed by atoms with Crippen LogP contribution in [0.5, 0.6) is 0 Å². The molecule has 2 rings (SSSR count). The number of carbonyl (C=O) groups excluding carboxylic acids is 1. The third-order valence-corrected chi connectivity index (χ3v) is 3.31. The van der Waals surface area contributed by atoms with Crippen LogP contribution >= 0.6 is 0 Å². The van der Waals surface area contributed by atoms with Crippen molar-refractivity contribution in [3.63, 3.8) is 0 Å². The summed E-state index contributed by atoms with van der Waals surface area (Å²) in [7, 11) is 3.71.